The first-order valence-corrected chi connectivity index (χ1v) is 10.5. The van der Waals surface area contributed by atoms with Gasteiger partial charge in [0.15, 0.2) is 0 Å². The minimum Gasteiger partial charge on any atom is -0.496 e. The lowest BCUT2D eigenvalue weighted by molar-refractivity contribution is -0.122. The van der Waals surface area contributed by atoms with Crippen molar-refractivity contribution >= 4 is 12.1 Å². The highest BCUT2D eigenvalue weighted by molar-refractivity contribution is 5.86. The van der Waals surface area contributed by atoms with Gasteiger partial charge in [-0.25, -0.2) is 16.3 Å². The highest BCUT2D eigenvalue weighted by atomic mass is 16.5. The van der Waals surface area contributed by atoms with E-state index in [-0.39, 0.29) is 11.9 Å². The second-order valence-electron chi connectivity index (χ2n) is 7.45. The molecule has 3 N–H and O–H groups in total. The number of benzene rings is 3. The van der Waals surface area contributed by atoms with Crippen LogP contribution in [0.3, 0.4) is 0 Å². The lowest BCUT2D eigenvalue weighted by Crippen LogP contribution is -2.41. The SMILES string of the molecule is COc1ccccc1/C=N/NC(=O)C1CC(c2cccc(OCc3ccccc3)c2)NN1. The highest BCUT2D eigenvalue weighted by Crippen LogP contribution is 2.26. The van der Waals surface area contributed by atoms with Crippen LogP contribution in [-0.4, -0.2) is 25.3 Å². The molecule has 0 aliphatic carbocycles. The summed E-state index contributed by atoms with van der Waals surface area (Å²) in [5, 5.41) is 4.07. The third-order valence-corrected chi connectivity index (χ3v) is 5.25. The van der Waals surface area contributed by atoms with Gasteiger partial charge < -0.3 is 9.47 Å². The normalized spacial score (nSPS) is 17.9. The number of hydrogen-bond acceptors (Lipinski definition) is 6. The van der Waals surface area contributed by atoms with E-state index in [1.54, 1.807) is 13.3 Å². The van der Waals surface area contributed by atoms with E-state index >= 15 is 0 Å². The number of rotatable bonds is 8. The fraction of sp³-hybridized carbons (Fsp3) is 0.200. The van der Waals surface area contributed by atoms with Crippen LogP contribution in [0.25, 0.3) is 0 Å². The maximum atomic E-state index is 12.5. The first-order chi connectivity index (χ1) is 15.7. The third kappa shape index (κ3) is 5.51. The first kappa shape index (κ1) is 21.5. The Hall–Kier alpha value is -3.68. The van der Waals surface area contributed by atoms with Crippen LogP contribution in [0.5, 0.6) is 11.5 Å². The number of hydrazine groups is 1. The number of methoxy groups -OCH3 is 1. The molecule has 1 aliphatic heterocycles. The van der Waals surface area contributed by atoms with Gasteiger partial charge in [0.2, 0.25) is 0 Å². The Labute approximate surface area is 187 Å². The molecule has 0 saturated carbocycles. The Morgan fingerprint density at radius 2 is 1.88 bits per heavy atom. The minimum atomic E-state index is -0.399. The molecule has 3 aromatic rings. The summed E-state index contributed by atoms with van der Waals surface area (Å²) in [4.78, 5) is 12.5. The van der Waals surface area contributed by atoms with E-state index in [0.717, 1.165) is 22.4 Å². The zero-order valence-electron chi connectivity index (χ0n) is 17.8. The van der Waals surface area contributed by atoms with Gasteiger partial charge in [-0.15, -0.1) is 0 Å². The fourth-order valence-corrected chi connectivity index (χ4v) is 3.53. The van der Waals surface area contributed by atoms with Gasteiger partial charge in [-0.2, -0.15) is 5.10 Å². The van der Waals surface area contributed by atoms with Crippen LogP contribution in [0.15, 0.2) is 84.0 Å². The molecule has 3 aromatic carbocycles. The molecule has 32 heavy (non-hydrogen) atoms. The lowest BCUT2D eigenvalue weighted by atomic mass is 10.0. The van der Waals surface area contributed by atoms with Crippen molar-refractivity contribution in [3.8, 4) is 11.5 Å². The number of carbonyl (C=O) groups is 1. The quantitative estimate of drug-likeness (QED) is 0.377. The molecule has 7 heteroatoms. The number of hydrogen-bond donors (Lipinski definition) is 3. The monoisotopic (exact) mass is 430 g/mol. The molecule has 1 amide bonds. The molecule has 2 atom stereocenters. The van der Waals surface area contributed by atoms with Crippen molar-refractivity contribution < 1.29 is 14.3 Å². The molecule has 4 rings (SSSR count). The lowest BCUT2D eigenvalue weighted by Gasteiger charge is -2.12. The molecule has 1 fully saturated rings. The number of carbonyl (C=O) groups excluding carboxylic acids is 1. The Balaban J connectivity index is 1.31. The summed E-state index contributed by atoms with van der Waals surface area (Å²) in [6.07, 6.45) is 2.17. The zero-order chi connectivity index (χ0) is 22.2. The van der Waals surface area contributed by atoms with Gasteiger partial charge in [0.1, 0.15) is 24.1 Å². The summed E-state index contributed by atoms with van der Waals surface area (Å²) in [7, 11) is 1.60. The van der Waals surface area contributed by atoms with Gasteiger partial charge in [0.05, 0.1) is 13.3 Å². The topological polar surface area (TPSA) is 84.0 Å². The van der Waals surface area contributed by atoms with Crippen LogP contribution < -0.4 is 25.8 Å². The van der Waals surface area contributed by atoms with E-state index in [0.29, 0.717) is 18.8 Å². The maximum absolute atomic E-state index is 12.5. The molecule has 0 radical (unpaired) electrons. The van der Waals surface area contributed by atoms with Crippen molar-refractivity contribution in [3.63, 3.8) is 0 Å². The van der Waals surface area contributed by atoms with E-state index in [4.69, 9.17) is 9.47 Å². The number of hydrazone groups is 1. The number of para-hydroxylation sites is 1. The molecular weight excluding hydrogens is 404 g/mol. The van der Waals surface area contributed by atoms with Crippen LogP contribution >= 0.6 is 0 Å². The van der Waals surface area contributed by atoms with Crippen molar-refractivity contribution in [2.75, 3.05) is 7.11 Å². The predicted molar refractivity (Wildman–Crippen MR) is 123 cm³/mol. The fourth-order valence-electron chi connectivity index (χ4n) is 3.53. The van der Waals surface area contributed by atoms with Crippen LogP contribution in [0, 0.1) is 0 Å². The Morgan fingerprint density at radius 1 is 1.06 bits per heavy atom. The van der Waals surface area contributed by atoms with Gasteiger partial charge >= 0.3 is 0 Å². The van der Waals surface area contributed by atoms with Gasteiger partial charge in [-0.1, -0.05) is 54.6 Å². The molecule has 2 unspecified atom stereocenters. The summed E-state index contributed by atoms with van der Waals surface area (Å²) in [5.41, 5.74) is 11.8. The molecule has 1 saturated heterocycles. The number of nitrogens with one attached hydrogen (secondary N) is 3. The summed E-state index contributed by atoms with van der Waals surface area (Å²) < 4.78 is 11.2. The van der Waals surface area contributed by atoms with Crippen molar-refractivity contribution in [2.24, 2.45) is 5.10 Å². The van der Waals surface area contributed by atoms with Crippen molar-refractivity contribution in [3.05, 3.63) is 95.6 Å². The molecule has 0 bridgehead atoms. The number of amides is 1. The van der Waals surface area contributed by atoms with Crippen molar-refractivity contribution in [1.29, 1.82) is 0 Å². The standard InChI is InChI=1S/C25H26N4O3/c1-31-24-13-6-5-10-20(24)16-26-29-25(30)23-15-22(27-28-23)19-11-7-12-21(14-19)32-17-18-8-3-2-4-9-18/h2-14,16,22-23,27-28H,15,17H2,1H3,(H,29,30)/b26-16+. The van der Waals surface area contributed by atoms with Crippen LogP contribution in [0.2, 0.25) is 0 Å². The maximum Gasteiger partial charge on any atom is 0.258 e. The van der Waals surface area contributed by atoms with Crippen LogP contribution in [-0.2, 0) is 11.4 Å². The van der Waals surface area contributed by atoms with Crippen LogP contribution in [0.4, 0.5) is 0 Å². The largest absolute Gasteiger partial charge is 0.496 e. The molecule has 7 nitrogen and oxygen atoms in total. The van der Waals surface area contributed by atoms with Gasteiger partial charge in [-0.3, -0.25) is 4.79 Å². The van der Waals surface area contributed by atoms with Crippen molar-refractivity contribution in [2.45, 2.75) is 25.1 Å². The molecule has 1 aliphatic rings. The Bertz CT molecular complexity index is 1070. The second-order valence-corrected chi connectivity index (χ2v) is 7.45. The second kappa shape index (κ2) is 10.6. The van der Waals surface area contributed by atoms with Crippen LogP contribution in [0.1, 0.15) is 29.2 Å². The van der Waals surface area contributed by atoms with E-state index in [1.807, 2.05) is 78.9 Å². The molecule has 0 spiro atoms. The predicted octanol–water partition coefficient (Wildman–Crippen LogP) is 3.33. The average molecular weight is 431 g/mol. The Kier molecular flexibility index (Phi) is 7.12. The van der Waals surface area contributed by atoms with E-state index in [1.165, 1.54) is 0 Å². The number of nitrogens with zero attached hydrogens (tertiary/aromatic N) is 1. The van der Waals surface area contributed by atoms with Crippen molar-refractivity contribution in [1.82, 2.24) is 16.3 Å². The first-order valence-electron chi connectivity index (χ1n) is 10.5. The highest BCUT2D eigenvalue weighted by Gasteiger charge is 2.30. The van der Waals surface area contributed by atoms with E-state index in [2.05, 4.69) is 21.4 Å². The van der Waals surface area contributed by atoms with E-state index in [9.17, 15) is 4.79 Å². The zero-order valence-corrected chi connectivity index (χ0v) is 17.8. The molecule has 0 aromatic heterocycles. The Morgan fingerprint density at radius 3 is 2.72 bits per heavy atom. The third-order valence-electron chi connectivity index (χ3n) is 5.25. The minimum absolute atomic E-state index is 0.00998. The summed E-state index contributed by atoms with van der Waals surface area (Å²) in [5.74, 6) is 1.28. The summed E-state index contributed by atoms with van der Waals surface area (Å²) >= 11 is 0. The van der Waals surface area contributed by atoms with E-state index < -0.39 is 6.04 Å². The smallest absolute Gasteiger partial charge is 0.258 e. The molecule has 1 heterocycles. The van der Waals surface area contributed by atoms with Gasteiger partial charge in [0.25, 0.3) is 5.91 Å². The molecule has 164 valence electrons. The van der Waals surface area contributed by atoms with Gasteiger partial charge in [-0.05, 0) is 41.8 Å². The molecular formula is C25H26N4O3. The number of ether oxygens (including phenoxy) is 2. The summed E-state index contributed by atoms with van der Waals surface area (Å²) in [6, 6.07) is 25.0. The summed E-state index contributed by atoms with van der Waals surface area (Å²) in [6.45, 7) is 0.510. The van der Waals surface area contributed by atoms with Gasteiger partial charge in [0, 0.05) is 11.6 Å². The average Bonchev–Trinajstić information content (AvgIpc) is 3.34.